The fourth-order valence-electron chi connectivity index (χ4n) is 1.36. The van der Waals surface area contributed by atoms with Gasteiger partial charge in [-0.3, -0.25) is 0 Å². The Labute approximate surface area is 99.8 Å². The van der Waals surface area contributed by atoms with E-state index in [0.29, 0.717) is 5.82 Å². The summed E-state index contributed by atoms with van der Waals surface area (Å²) in [5, 5.41) is 6.27. The van der Waals surface area contributed by atoms with E-state index < -0.39 is 11.7 Å². The third kappa shape index (κ3) is 2.70. The summed E-state index contributed by atoms with van der Waals surface area (Å²) in [5.74, 6) is 0.348. The molecule has 5 nitrogen and oxygen atoms in total. The first-order valence-corrected chi connectivity index (χ1v) is 4.92. The molecule has 0 aliphatic rings. The maximum absolute atomic E-state index is 12.6. The molecule has 1 aromatic carbocycles. The summed E-state index contributed by atoms with van der Waals surface area (Å²) in [6, 6.07) is 3.58. The van der Waals surface area contributed by atoms with Gasteiger partial charge in [0, 0.05) is 11.4 Å². The molecule has 0 unspecified atom stereocenters. The molecule has 0 saturated carbocycles. The van der Waals surface area contributed by atoms with Crippen molar-refractivity contribution < 1.29 is 17.7 Å². The predicted molar refractivity (Wildman–Crippen MR) is 57.5 cm³/mol. The van der Waals surface area contributed by atoms with E-state index in [1.165, 1.54) is 12.1 Å². The van der Waals surface area contributed by atoms with Crippen molar-refractivity contribution in [2.45, 2.75) is 12.7 Å². The number of anilines is 2. The molecule has 0 atom stereocenters. The number of benzene rings is 1. The molecule has 18 heavy (non-hydrogen) atoms. The maximum Gasteiger partial charge on any atom is 0.418 e. The van der Waals surface area contributed by atoms with Crippen LogP contribution in [0.3, 0.4) is 0 Å². The SMILES string of the molecule is Nc1ccc(NCc2ncon2)cc1C(F)(F)F. The topological polar surface area (TPSA) is 77.0 Å². The van der Waals surface area contributed by atoms with Crippen molar-refractivity contribution in [1.29, 1.82) is 0 Å². The molecule has 96 valence electrons. The molecule has 2 rings (SSSR count). The van der Waals surface area contributed by atoms with Crippen molar-refractivity contribution in [2.75, 3.05) is 11.1 Å². The van der Waals surface area contributed by atoms with E-state index in [-0.39, 0.29) is 17.9 Å². The third-order valence-corrected chi connectivity index (χ3v) is 2.22. The number of hydrogen-bond acceptors (Lipinski definition) is 5. The summed E-state index contributed by atoms with van der Waals surface area (Å²) in [5.41, 5.74) is 4.37. The molecule has 3 N–H and O–H groups in total. The minimum absolute atomic E-state index is 0.164. The molecule has 0 bridgehead atoms. The fraction of sp³-hybridized carbons (Fsp3) is 0.200. The highest BCUT2D eigenvalue weighted by atomic mass is 19.4. The molecule has 8 heteroatoms. The van der Waals surface area contributed by atoms with Gasteiger partial charge in [0.05, 0.1) is 12.1 Å². The largest absolute Gasteiger partial charge is 0.418 e. The van der Waals surface area contributed by atoms with Crippen LogP contribution in [0.4, 0.5) is 24.5 Å². The van der Waals surface area contributed by atoms with Crippen LogP contribution < -0.4 is 11.1 Å². The van der Waals surface area contributed by atoms with Crippen molar-refractivity contribution in [3.63, 3.8) is 0 Å². The van der Waals surface area contributed by atoms with E-state index in [4.69, 9.17) is 5.73 Å². The van der Waals surface area contributed by atoms with E-state index in [2.05, 4.69) is 20.0 Å². The number of hydrogen-bond donors (Lipinski definition) is 2. The lowest BCUT2D eigenvalue weighted by Gasteiger charge is -2.12. The highest BCUT2D eigenvalue weighted by Crippen LogP contribution is 2.35. The Morgan fingerprint density at radius 1 is 1.33 bits per heavy atom. The van der Waals surface area contributed by atoms with Gasteiger partial charge < -0.3 is 15.6 Å². The zero-order valence-corrected chi connectivity index (χ0v) is 9.03. The van der Waals surface area contributed by atoms with E-state index in [9.17, 15) is 13.2 Å². The van der Waals surface area contributed by atoms with Crippen LogP contribution in [-0.2, 0) is 12.7 Å². The van der Waals surface area contributed by atoms with Crippen LogP contribution >= 0.6 is 0 Å². The molecule has 2 aromatic rings. The number of rotatable bonds is 3. The Hall–Kier alpha value is -2.25. The highest BCUT2D eigenvalue weighted by molar-refractivity contribution is 5.58. The summed E-state index contributed by atoms with van der Waals surface area (Å²) >= 11 is 0. The van der Waals surface area contributed by atoms with Crippen LogP contribution in [0.2, 0.25) is 0 Å². The smallest absolute Gasteiger partial charge is 0.398 e. The van der Waals surface area contributed by atoms with Gasteiger partial charge in [-0.25, -0.2) is 0 Å². The monoisotopic (exact) mass is 258 g/mol. The Balaban J connectivity index is 2.15. The van der Waals surface area contributed by atoms with Gasteiger partial charge in [-0.05, 0) is 18.2 Å². The molecule has 0 amide bonds. The van der Waals surface area contributed by atoms with Gasteiger partial charge in [0.25, 0.3) is 0 Å². The molecular weight excluding hydrogens is 249 g/mol. The normalized spacial score (nSPS) is 11.5. The van der Waals surface area contributed by atoms with Crippen LogP contribution in [-0.4, -0.2) is 10.1 Å². The summed E-state index contributed by atoms with van der Waals surface area (Å²) in [6.45, 7) is 0.164. The molecule has 0 saturated heterocycles. The van der Waals surface area contributed by atoms with Crippen LogP contribution in [0.15, 0.2) is 29.1 Å². The van der Waals surface area contributed by atoms with Gasteiger partial charge in [0.2, 0.25) is 6.39 Å². The second-order valence-corrected chi connectivity index (χ2v) is 3.50. The lowest BCUT2D eigenvalue weighted by atomic mass is 10.1. The average molecular weight is 258 g/mol. The number of nitrogen functional groups attached to an aromatic ring is 1. The average Bonchev–Trinajstić information content (AvgIpc) is 2.79. The van der Waals surface area contributed by atoms with E-state index in [0.717, 1.165) is 12.5 Å². The first-order chi connectivity index (χ1) is 8.47. The number of halogens is 3. The molecule has 0 spiro atoms. The standard InChI is InChI=1S/C10H9F3N4O/c11-10(12,13)7-3-6(1-2-8(7)14)15-4-9-16-5-18-17-9/h1-3,5,15H,4,14H2. The number of nitrogens with one attached hydrogen (secondary N) is 1. The second kappa shape index (κ2) is 4.55. The van der Waals surface area contributed by atoms with Gasteiger partial charge in [-0.1, -0.05) is 5.16 Å². The molecule has 0 fully saturated rings. The maximum atomic E-state index is 12.6. The molecule has 1 aromatic heterocycles. The molecular formula is C10H9F3N4O. The second-order valence-electron chi connectivity index (χ2n) is 3.50. The Bertz CT molecular complexity index is 524. The minimum atomic E-state index is -4.48. The van der Waals surface area contributed by atoms with Gasteiger partial charge in [-0.2, -0.15) is 18.2 Å². The zero-order valence-electron chi connectivity index (χ0n) is 9.03. The van der Waals surface area contributed by atoms with Crippen molar-refractivity contribution in [3.05, 3.63) is 36.0 Å². The van der Waals surface area contributed by atoms with Crippen LogP contribution in [0, 0.1) is 0 Å². The predicted octanol–water partition coefficient (Wildman–Crippen LogP) is 2.28. The Morgan fingerprint density at radius 2 is 2.11 bits per heavy atom. The summed E-state index contributed by atoms with van der Waals surface area (Å²) < 4.78 is 42.3. The quantitative estimate of drug-likeness (QED) is 0.826. The zero-order chi connectivity index (χ0) is 13.2. The fourth-order valence-corrected chi connectivity index (χ4v) is 1.36. The number of nitrogens with zero attached hydrogens (tertiary/aromatic N) is 2. The lowest BCUT2D eigenvalue weighted by Crippen LogP contribution is -2.10. The Morgan fingerprint density at radius 3 is 2.72 bits per heavy atom. The van der Waals surface area contributed by atoms with Gasteiger partial charge in [0.1, 0.15) is 0 Å². The van der Waals surface area contributed by atoms with Crippen molar-refractivity contribution in [2.24, 2.45) is 0 Å². The molecule has 0 aliphatic carbocycles. The summed E-state index contributed by atoms with van der Waals surface area (Å²) in [7, 11) is 0. The van der Waals surface area contributed by atoms with Crippen molar-refractivity contribution >= 4 is 11.4 Å². The molecule has 0 radical (unpaired) electrons. The van der Waals surface area contributed by atoms with Gasteiger partial charge >= 0.3 is 6.18 Å². The summed E-state index contributed by atoms with van der Waals surface area (Å²) in [6.07, 6.45) is -3.34. The third-order valence-electron chi connectivity index (χ3n) is 2.22. The van der Waals surface area contributed by atoms with E-state index in [1.807, 2.05) is 0 Å². The number of alkyl halides is 3. The summed E-state index contributed by atoms with van der Waals surface area (Å²) in [4.78, 5) is 3.73. The minimum Gasteiger partial charge on any atom is -0.398 e. The first-order valence-electron chi connectivity index (χ1n) is 4.92. The first kappa shape index (κ1) is 12.2. The van der Waals surface area contributed by atoms with Crippen LogP contribution in [0.1, 0.15) is 11.4 Å². The van der Waals surface area contributed by atoms with Gasteiger partial charge in [-0.15, -0.1) is 0 Å². The van der Waals surface area contributed by atoms with Crippen molar-refractivity contribution in [1.82, 2.24) is 10.1 Å². The number of aromatic nitrogens is 2. The number of nitrogens with two attached hydrogens (primary N) is 1. The van der Waals surface area contributed by atoms with Gasteiger partial charge in [0.15, 0.2) is 5.82 Å². The van der Waals surface area contributed by atoms with Crippen molar-refractivity contribution in [3.8, 4) is 0 Å². The van der Waals surface area contributed by atoms with Crippen LogP contribution in [0.5, 0.6) is 0 Å². The molecule has 1 heterocycles. The molecule has 0 aliphatic heterocycles. The van der Waals surface area contributed by atoms with Crippen LogP contribution in [0.25, 0.3) is 0 Å². The Kier molecular flexibility index (Phi) is 3.09. The van der Waals surface area contributed by atoms with E-state index >= 15 is 0 Å². The highest BCUT2D eigenvalue weighted by Gasteiger charge is 2.33. The van der Waals surface area contributed by atoms with E-state index in [1.54, 1.807) is 0 Å². The lowest BCUT2D eigenvalue weighted by molar-refractivity contribution is -0.136.